The minimum Gasteiger partial charge on any atom is -0.492 e. The maximum atomic E-state index is 10.7. The number of hydrogen-bond donors (Lipinski definition) is 1. The molecule has 9 heteroatoms. The van der Waals surface area contributed by atoms with Crippen molar-refractivity contribution in [2.45, 2.75) is 18.2 Å². The van der Waals surface area contributed by atoms with Crippen LogP contribution in [0.1, 0.15) is 13.8 Å². The van der Waals surface area contributed by atoms with Crippen LogP contribution in [0, 0.1) is 16.0 Å². The van der Waals surface area contributed by atoms with Gasteiger partial charge in [-0.2, -0.15) is 0 Å². The number of non-ortho nitro benzene ring substituents is 1. The van der Waals surface area contributed by atoms with Crippen molar-refractivity contribution in [3.63, 3.8) is 0 Å². The Morgan fingerprint density at radius 3 is 3.00 bits per heavy atom. The number of anilines is 1. The first-order chi connectivity index (χ1) is 11.0. The maximum Gasteiger partial charge on any atom is 0.273 e. The van der Waals surface area contributed by atoms with Crippen LogP contribution in [-0.4, -0.2) is 34.0 Å². The first kappa shape index (κ1) is 17.5. The summed E-state index contributed by atoms with van der Waals surface area (Å²) in [5.41, 5.74) is 0.0279. The van der Waals surface area contributed by atoms with Gasteiger partial charge in [0.05, 0.1) is 17.6 Å². The van der Waals surface area contributed by atoms with Crippen molar-refractivity contribution in [2.75, 3.05) is 24.2 Å². The minimum atomic E-state index is -0.436. The predicted molar refractivity (Wildman–Crippen MR) is 92.6 cm³/mol. The van der Waals surface area contributed by atoms with Crippen LogP contribution < -0.4 is 10.1 Å². The van der Waals surface area contributed by atoms with Gasteiger partial charge < -0.3 is 10.1 Å². The van der Waals surface area contributed by atoms with Crippen molar-refractivity contribution < 1.29 is 9.66 Å². The topological polar surface area (TPSA) is 90.2 Å². The average molecular weight is 354 g/mol. The molecule has 0 saturated carbocycles. The van der Waals surface area contributed by atoms with Crippen LogP contribution in [-0.2, 0) is 0 Å². The molecule has 0 spiro atoms. The summed E-state index contributed by atoms with van der Waals surface area (Å²) < 4.78 is 6.39. The molecule has 0 fully saturated rings. The molecular weight excluding hydrogens is 336 g/mol. The fraction of sp³-hybridized carbons (Fsp3) is 0.429. The molecule has 1 aromatic heterocycles. The fourth-order valence-corrected chi connectivity index (χ4v) is 3.25. The fourth-order valence-electron chi connectivity index (χ4n) is 1.61. The molecule has 0 radical (unpaired) electrons. The molecule has 0 aliphatic carbocycles. The highest BCUT2D eigenvalue weighted by atomic mass is 32.2. The number of aromatic nitrogens is 2. The van der Waals surface area contributed by atoms with E-state index in [9.17, 15) is 10.1 Å². The summed E-state index contributed by atoms with van der Waals surface area (Å²) in [6.07, 6.45) is 0. The van der Waals surface area contributed by atoms with Gasteiger partial charge in [0.25, 0.3) is 5.69 Å². The van der Waals surface area contributed by atoms with Crippen molar-refractivity contribution in [1.82, 2.24) is 10.2 Å². The van der Waals surface area contributed by atoms with Crippen molar-refractivity contribution in [1.29, 1.82) is 0 Å². The Kier molecular flexibility index (Phi) is 6.60. The van der Waals surface area contributed by atoms with Gasteiger partial charge in [-0.15, -0.1) is 10.2 Å². The quantitative estimate of drug-likeness (QED) is 0.318. The Morgan fingerprint density at radius 2 is 2.26 bits per heavy atom. The summed E-state index contributed by atoms with van der Waals surface area (Å²) in [6, 6.07) is 6.17. The van der Waals surface area contributed by atoms with E-state index in [1.165, 1.54) is 23.5 Å². The summed E-state index contributed by atoms with van der Waals surface area (Å²) in [4.78, 5) is 10.3. The average Bonchev–Trinajstić information content (AvgIpc) is 2.98. The normalized spacial score (nSPS) is 10.7. The number of nitro groups is 1. The second-order valence-electron chi connectivity index (χ2n) is 5.10. The molecule has 0 atom stereocenters. The lowest BCUT2D eigenvalue weighted by molar-refractivity contribution is -0.384. The lowest BCUT2D eigenvalue weighted by Crippen LogP contribution is -2.07. The van der Waals surface area contributed by atoms with E-state index >= 15 is 0 Å². The van der Waals surface area contributed by atoms with Crippen molar-refractivity contribution in [3.8, 4) is 5.75 Å². The second kappa shape index (κ2) is 8.68. The Morgan fingerprint density at radius 1 is 1.43 bits per heavy atom. The highest BCUT2D eigenvalue weighted by Gasteiger charge is 2.07. The third-order valence-corrected chi connectivity index (χ3v) is 4.65. The summed E-state index contributed by atoms with van der Waals surface area (Å²) in [6.45, 7) is 5.58. The second-order valence-corrected chi connectivity index (χ2v) is 7.42. The number of benzene rings is 1. The molecule has 0 aliphatic rings. The van der Waals surface area contributed by atoms with Crippen molar-refractivity contribution in [3.05, 3.63) is 34.4 Å². The van der Waals surface area contributed by atoms with Crippen LogP contribution in [0.2, 0.25) is 0 Å². The maximum absolute atomic E-state index is 10.7. The molecule has 23 heavy (non-hydrogen) atoms. The Bertz CT molecular complexity index is 648. The van der Waals surface area contributed by atoms with Gasteiger partial charge in [0.15, 0.2) is 4.34 Å². The van der Waals surface area contributed by atoms with Crippen molar-refractivity contribution in [2.24, 2.45) is 5.92 Å². The number of nitrogens with one attached hydrogen (secondary N) is 1. The summed E-state index contributed by atoms with van der Waals surface area (Å²) in [7, 11) is 0. The van der Waals surface area contributed by atoms with E-state index in [4.69, 9.17) is 4.74 Å². The molecule has 0 bridgehead atoms. The highest BCUT2D eigenvalue weighted by Crippen LogP contribution is 2.26. The van der Waals surface area contributed by atoms with Gasteiger partial charge in [-0.25, -0.2) is 0 Å². The third-order valence-electron chi connectivity index (χ3n) is 2.67. The largest absolute Gasteiger partial charge is 0.492 e. The zero-order chi connectivity index (χ0) is 16.7. The van der Waals surface area contributed by atoms with Crippen LogP contribution in [0.25, 0.3) is 0 Å². The molecule has 124 valence electrons. The molecule has 7 nitrogen and oxygen atoms in total. The Labute approximate surface area is 142 Å². The number of thioether (sulfide) groups is 1. The van der Waals surface area contributed by atoms with E-state index in [1.807, 2.05) is 0 Å². The van der Waals surface area contributed by atoms with Gasteiger partial charge in [-0.05, 0) is 12.0 Å². The molecule has 2 rings (SSSR count). The van der Waals surface area contributed by atoms with Crippen LogP contribution >= 0.6 is 23.1 Å². The monoisotopic (exact) mass is 354 g/mol. The number of nitro benzene ring substituents is 1. The van der Waals surface area contributed by atoms with Crippen LogP contribution in [0.15, 0.2) is 28.6 Å². The van der Waals surface area contributed by atoms with Gasteiger partial charge in [-0.1, -0.05) is 43.0 Å². The molecule has 1 aromatic carbocycles. The SMILES string of the molecule is CC(C)CNc1nnc(SCCOc2cccc([N+](=O)[O-])c2)s1. The molecule has 0 amide bonds. The Balaban J connectivity index is 1.73. The van der Waals surface area contributed by atoms with E-state index in [1.54, 1.807) is 23.9 Å². The molecule has 1 heterocycles. The van der Waals surface area contributed by atoms with Gasteiger partial charge in [0, 0.05) is 18.4 Å². The summed E-state index contributed by atoms with van der Waals surface area (Å²) in [5, 5.41) is 22.9. The smallest absolute Gasteiger partial charge is 0.273 e. The molecule has 0 unspecified atom stereocenters. The lowest BCUT2D eigenvalue weighted by Gasteiger charge is -2.04. The van der Waals surface area contributed by atoms with Crippen LogP contribution in [0.3, 0.4) is 0 Å². The van der Waals surface area contributed by atoms with E-state index in [-0.39, 0.29) is 5.69 Å². The van der Waals surface area contributed by atoms with Gasteiger partial charge >= 0.3 is 0 Å². The molecule has 2 aromatic rings. The van der Waals surface area contributed by atoms with E-state index < -0.39 is 4.92 Å². The first-order valence-corrected chi connectivity index (χ1v) is 8.92. The third kappa shape index (κ3) is 6.03. The summed E-state index contributed by atoms with van der Waals surface area (Å²) in [5.74, 6) is 1.75. The van der Waals surface area contributed by atoms with E-state index in [0.29, 0.717) is 24.0 Å². The van der Waals surface area contributed by atoms with E-state index in [0.717, 1.165) is 16.0 Å². The number of nitrogens with zero attached hydrogens (tertiary/aromatic N) is 3. The predicted octanol–water partition coefficient (Wildman–Crippen LogP) is 3.69. The highest BCUT2D eigenvalue weighted by molar-refractivity contribution is 8.01. The molecule has 0 saturated heterocycles. The van der Waals surface area contributed by atoms with Gasteiger partial charge in [0.2, 0.25) is 5.13 Å². The zero-order valence-corrected chi connectivity index (χ0v) is 14.5. The number of hydrogen-bond acceptors (Lipinski definition) is 8. The zero-order valence-electron chi connectivity index (χ0n) is 12.9. The van der Waals surface area contributed by atoms with E-state index in [2.05, 4.69) is 29.4 Å². The van der Waals surface area contributed by atoms with Crippen molar-refractivity contribution >= 4 is 33.9 Å². The minimum absolute atomic E-state index is 0.0279. The first-order valence-electron chi connectivity index (χ1n) is 7.12. The van der Waals surface area contributed by atoms with Crippen LogP contribution in [0.4, 0.5) is 10.8 Å². The molecule has 1 N–H and O–H groups in total. The number of ether oxygens (including phenoxy) is 1. The summed E-state index contributed by atoms with van der Waals surface area (Å²) >= 11 is 3.06. The standard InChI is InChI=1S/C14H18N4O3S2/c1-10(2)9-15-13-16-17-14(23-13)22-7-6-21-12-5-3-4-11(8-12)18(19)20/h3-5,8,10H,6-7,9H2,1-2H3,(H,15,16). The lowest BCUT2D eigenvalue weighted by atomic mass is 10.2. The van der Waals surface area contributed by atoms with Gasteiger partial charge in [0.1, 0.15) is 5.75 Å². The Hall–Kier alpha value is -1.87. The molecule has 0 aliphatic heterocycles. The number of rotatable bonds is 9. The molecular formula is C14H18N4O3S2. The van der Waals surface area contributed by atoms with Gasteiger partial charge in [-0.3, -0.25) is 10.1 Å². The van der Waals surface area contributed by atoms with Crippen LogP contribution in [0.5, 0.6) is 5.75 Å².